The van der Waals surface area contributed by atoms with Crippen molar-refractivity contribution in [3.8, 4) is 17.2 Å². The lowest BCUT2D eigenvalue weighted by molar-refractivity contribution is 0.0696. The van der Waals surface area contributed by atoms with Crippen LogP contribution in [0.1, 0.15) is 53.1 Å². The van der Waals surface area contributed by atoms with Crippen LogP contribution in [0.25, 0.3) is 0 Å². The normalized spacial score (nSPS) is 28.8. The molecule has 3 heterocycles. The largest absolute Gasteiger partial charge is 0.504 e. The number of phenolic OH excluding ortho intramolecular Hbond substituents is 1. The fourth-order valence-corrected chi connectivity index (χ4v) is 5.07. The minimum absolute atomic E-state index is 0.107. The van der Waals surface area contributed by atoms with E-state index < -0.39 is 5.97 Å². The highest BCUT2D eigenvalue weighted by Gasteiger charge is 2.41. The number of aromatic carboxylic acids is 1. The van der Waals surface area contributed by atoms with Crippen molar-refractivity contribution >= 4 is 5.97 Å². The Morgan fingerprint density at radius 3 is 2.58 bits per heavy atom. The smallest absolute Gasteiger partial charge is 0.335 e. The summed E-state index contributed by atoms with van der Waals surface area (Å²) >= 11 is 0. The molecule has 3 aliphatic heterocycles. The number of ether oxygens (including phenoxy) is 1. The number of rotatable bonds is 2. The number of fused-ring (bicyclic) bond motifs is 4. The second-order valence-electron chi connectivity index (χ2n) is 7.70. The van der Waals surface area contributed by atoms with Gasteiger partial charge < -0.3 is 20.3 Å². The predicted molar refractivity (Wildman–Crippen MR) is 96.1 cm³/mol. The summed E-state index contributed by atoms with van der Waals surface area (Å²) in [7, 11) is 0. The molecule has 2 aromatic carbocycles. The standard InChI is InChI=1S/C21H21NO4/c23-17-3-1-2-16-19(12-8-13-5-6-14(9-12)22-13)15-7-4-11(21(24)25)10-18(15)26-20(16)17/h1-4,7,10,12-14,19,22-23H,5-6,8-9H2,(H,24,25)/t12?,13?,14?,19-/m1/s1. The second-order valence-corrected chi connectivity index (χ2v) is 7.70. The minimum Gasteiger partial charge on any atom is -0.504 e. The van der Waals surface area contributed by atoms with Crippen molar-refractivity contribution in [3.05, 3.63) is 53.1 Å². The van der Waals surface area contributed by atoms with Crippen LogP contribution in [0.5, 0.6) is 17.2 Å². The van der Waals surface area contributed by atoms with E-state index in [2.05, 4.69) is 5.32 Å². The van der Waals surface area contributed by atoms with Gasteiger partial charge in [-0.05, 0) is 49.8 Å². The van der Waals surface area contributed by atoms with Gasteiger partial charge in [-0.3, -0.25) is 0 Å². The van der Waals surface area contributed by atoms with Gasteiger partial charge in [-0.25, -0.2) is 4.79 Å². The van der Waals surface area contributed by atoms with Crippen molar-refractivity contribution in [2.24, 2.45) is 5.92 Å². The average Bonchev–Trinajstić information content (AvgIpc) is 2.97. The Hall–Kier alpha value is -2.53. The predicted octanol–water partition coefficient (Wildman–Crippen LogP) is 3.86. The lowest BCUT2D eigenvalue weighted by Crippen LogP contribution is -2.40. The van der Waals surface area contributed by atoms with Gasteiger partial charge in [0.15, 0.2) is 11.5 Å². The molecule has 2 aromatic rings. The molecule has 0 amide bonds. The second kappa shape index (κ2) is 5.74. The summed E-state index contributed by atoms with van der Waals surface area (Å²) in [6.45, 7) is 0. The van der Waals surface area contributed by atoms with Gasteiger partial charge in [0.05, 0.1) is 5.56 Å². The van der Waals surface area contributed by atoms with E-state index in [9.17, 15) is 15.0 Å². The number of carbonyl (C=O) groups is 1. The zero-order valence-electron chi connectivity index (χ0n) is 14.3. The van der Waals surface area contributed by atoms with Crippen LogP contribution in [0.15, 0.2) is 36.4 Å². The van der Waals surface area contributed by atoms with E-state index >= 15 is 0 Å². The van der Waals surface area contributed by atoms with E-state index in [4.69, 9.17) is 4.74 Å². The molecule has 3 atom stereocenters. The summed E-state index contributed by atoms with van der Waals surface area (Å²) in [5.41, 5.74) is 2.23. The molecular formula is C21H21NO4. The van der Waals surface area contributed by atoms with Crippen LogP contribution >= 0.6 is 0 Å². The number of carboxylic acids is 1. The van der Waals surface area contributed by atoms with Crippen LogP contribution in [-0.4, -0.2) is 28.3 Å². The lowest BCUT2D eigenvalue weighted by atomic mass is 9.73. The van der Waals surface area contributed by atoms with E-state index in [1.807, 2.05) is 18.2 Å². The number of aromatic hydroxyl groups is 1. The summed E-state index contributed by atoms with van der Waals surface area (Å²) in [6, 6.07) is 11.7. The maximum atomic E-state index is 11.4. The zero-order valence-corrected chi connectivity index (χ0v) is 14.3. The van der Waals surface area contributed by atoms with Gasteiger partial charge in [-0.2, -0.15) is 0 Å². The lowest BCUT2D eigenvalue weighted by Gasteiger charge is -2.38. The molecule has 134 valence electrons. The van der Waals surface area contributed by atoms with E-state index in [-0.39, 0.29) is 17.2 Å². The molecule has 2 unspecified atom stereocenters. The number of carboxylic acid groups (broad SMARTS) is 1. The fraction of sp³-hybridized carbons (Fsp3) is 0.381. The van der Waals surface area contributed by atoms with Gasteiger partial charge in [0, 0.05) is 29.1 Å². The Morgan fingerprint density at radius 2 is 1.85 bits per heavy atom. The highest BCUT2D eigenvalue weighted by atomic mass is 16.5. The third kappa shape index (κ3) is 2.38. The number of hydrogen-bond donors (Lipinski definition) is 3. The Labute approximate surface area is 151 Å². The number of para-hydroxylation sites is 1. The van der Waals surface area contributed by atoms with Gasteiger partial charge in [-0.1, -0.05) is 18.2 Å². The van der Waals surface area contributed by atoms with Gasteiger partial charge in [-0.15, -0.1) is 0 Å². The first kappa shape index (κ1) is 15.7. The van der Waals surface area contributed by atoms with Crippen LogP contribution in [-0.2, 0) is 0 Å². The summed E-state index contributed by atoms with van der Waals surface area (Å²) in [4.78, 5) is 11.4. The molecule has 26 heavy (non-hydrogen) atoms. The maximum Gasteiger partial charge on any atom is 0.335 e. The van der Waals surface area contributed by atoms with E-state index in [0.29, 0.717) is 29.5 Å². The Balaban J connectivity index is 1.64. The molecule has 0 aromatic heterocycles. The van der Waals surface area contributed by atoms with Crippen LogP contribution in [0.3, 0.4) is 0 Å². The Morgan fingerprint density at radius 1 is 1.08 bits per heavy atom. The molecule has 5 heteroatoms. The van der Waals surface area contributed by atoms with Crippen LogP contribution in [0.4, 0.5) is 0 Å². The molecule has 0 radical (unpaired) electrons. The number of nitrogens with one attached hydrogen (secondary N) is 1. The van der Waals surface area contributed by atoms with Crippen molar-refractivity contribution in [1.29, 1.82) is 0 Å². The van der Waals surface area contributed by atoms with Crippen molar-refractivity contribution in [1.82, 2.24) is 5.32 Å². The molecule has 2 bridgehead atoms. The summed E-state index contributed by atoms with van der Waals surface area (Å²) < 4.78 is 5.96. The molecule has 0 spiro atoms. The first-order valence-electron chi connectivity index (χ1n) is 9.23. The molecule has 5 nitrogen and oxygen atoms in total. The minimum atomic E-state index is -0.976. The number of benzene rings is 2. The van der Waals surface area contributed by atoms with Crippen molar-refractivity contribution < 1.29 is 19.7 Å². The summed E-state index contributed by atoms with van der Waals surface area (Å²) in [5.74, 6) is 0.724. The van der Waals surface area contributed by atoms with Gasteiger partial charge in [0.1, 0.15) is 5.75 Å². The van der Waals surface area contributed by atoms with Crippen molar-refractivity contribution in [2.75, 3.05) is 0 Å². The van der Waals surface area contributed by atoms with Crippen molar-refractivity contribution in [3.63, 3.8) is 0 Å². The zero-order chi connectivity index (χ0) is 17.8. The molecule has 2 fully saturated rings. The van der Waals surface area contributed by atoms with Crippen LogP contribution in [0.2, 0.25) is 0 Å². The fourth-order valence-electron chi connectivity index (χ4n) is 5.07. The number of hydrogen-bond acceptors (Lipinski definition) is 4. The van der Waals surface area contributed by atoms with E-state index in [1.165, 1.54) is 12.8 Å². The van der Waals surface area contributed by atoms with Gasteiger partial charge in [0.2, 0.25) is 0 Å². The highest BCUT2D eigenvalue weighted by molar-refractivity contribution is 5.88. The molecule has 3 N–H and O–H groups in total. The molecule has 0 aliphatic carbocycles. The first-order valence-corrected chi connectivity index (χ1v) is 9.23. The molecule has 5 rings (SSSR count). The molecule has 0 saturated carbocycles. The topological polar surface area (TPSA) is 78.8 Å². The van der Waals surface area contributed by atoms with Gasteiger partial charge in [0.25, 0.3) is 0 Å². The number of piperidine rings is 1. The first-order chi connectivity index (χ1) is 12.6. The molecule has 2 saturated heterocycles. The SMILES string of the molecule is O=C(O)c1ccc2c(c1)Oc1c(O)cccc1[C@@H]2C1CC2CCC(C1)N2. The third-order valence-corrected chi connectivity index (χ3v) is 6.15. The Bertz CT molecular complexity index is 882. The molecule has 3 aliphatic rings. The van der Waals surface area contributed by atoms with E-state index in [1.54, 1.807) is 18.2 Å². The summed E-state index contributed by atoms with van der Waals surface area (Å²) in [5, 5.41) is 23.3. The molecular weight excluding hydrogens is 330 g/mol. The van der Waals surface area contributed by atoms with Crippen LogP contribution in [0, 0.1) is 5.92 Å². The Kier molecular flexibility index (Phi) is 3.47. The summed E-state index contributed by atoms with van der Waals surface area (Å²) in [6.07, 6.45) is 4.64. The van der Waals surface area contributed by atoms with Crippen LogP contribution < -0.4 is 10.1 Å². The van der Waals surface area contributed by atoms with E-state index in [0.717, 1.165) is 24.0 Å². The van der Waals surface area contributed by atoms with Crippen molar-refractivity contribution in [2.45, 2.75) is 43.7 Å². The quantitative estimate of drug-likeness (QED) is 0.766. The maximum absolute atomic E-state index is 11.4. The number of phenols is 1. The highest BCUT2D eigenvalue weighted by Crippen LogP contribution is 2.53. The van der Waals surface area contributed by atoms with Gasteiger partial charge >= 0.3 is 5.97 Å². The monoisotopic (exact) mass is 351 g/mol. The third-order valence-electron chi connectivity index (χ3n) is 6.15. The average molecular weight is 351 g/mol.